The molecule has 0 amide bonds. The molecule has 1 heterocycles. The second kappa shape index (κ2) is 2.95. The van der Waals surface area contributed by atoms with Crippen LogP contribution in [0, 0.1) is 11.6 Å². The molecule has 0 bridgehead atoms. The number of benzene rings is 1. The van der Waals surface area contributed by atoms with Gasteiger partial charge in [0.1, 0.15) is 11.6 Å². The summed E-state index contributed by atoms with van der Waals surface area (Å²) in [6.07, 6.45) is 2.85. The van der Waals surface area contributed by atoms with Crippen LogP contribution in [0.2, 0.25) is 0 Å². The lowest BCUT2D eigenvalue weighted by molar-refractivity contribution is 0.104. The van der Waals surface area contributed by atoms with E-state index in [1.54, 1.807) is 6.07 Å². The Kier molecular flexibility index (Phi) is 1.68. The van der Waals surface area contributed by atoms with Crippen LogP contribution in [0.3, 0.4) is 0 Å². The monoisotopic (exact) mass is 217 g/mol. The molecule has 0 saturated carbocycles. The van der Waals surface area contributed by atoms with Gasteiger partial charge in [0.25, 0.3) is 0 Å². The minimum Gasteiger partial charge on any atom is -0.289 e. The van der Waals surface area contributed by atoms with E-state index >= 15 is 0 Å². The molecule has 0 saturated heterocycles. The number of carbonyl (C=O) groups excluding carboxylic acids is 1. The number of aromatic nitrogens is 1. The predicted molar refractivity (Wildman–Crippen MR) is 53.0 cm³/mol. The first kappa shape index (κ1) is 9.15. The molecule has 1 aliphatic rings. The number of hydrogen-bond donors (Lipinski definition) is 0. The van der Waals surface area contributed by atoms with Gasteiger partial charge < -0.3 is 0 Å². The Bertz CT molecular complexity index is 622. The molecule has 2 nitrogen and oxygen atoms in total. The maximum atomic E-state index is 13.6. The second-order valence-corrected chi connectivity index (χ2v) is 3.56. The lowest BCUT2D eigenvalue weighted by Crippen LogP contribution is -1.96. The van der Waals surface area contributed by atoms with Gasteiger partial charge in [-0.15, -0.1) is 0 Å². The van der Waals surface area contributed by atoms with Crippen molar-refractivity contribution in [2.45, 2.75) is 0 Å². The summed E-state index contributed by atoms with van der Waals surface area (Å²) in [5.41, 5.74) is 1.04. The van der Waals surface area contributed by atoms with Gasteiger partial charge in [-0.2, -0.15) is 0 Å². The molecular formula is C12H5F2NO. The SMILES string of the molecule is O=C1c2cnccc2-c2c(F)cc(F)cc21. The molecule has 0 N–H and O–H groups in total. The van der Waals surface area contributed by atoms with Gasteiger partial charge in [-0.05, 0) is 17.7 Å². The number of nitrogens with zero attached hydrogens (tertiary/aromatic N) is 1. The Morgan fingerprint density at radius 2 is 1.88 bits per heavy atom. The van der Waals surface area contributed by atoms with E-state index in [0.29, 0.717) is 11.1 Å². The number of rotatable bonds is 0. The maximum Gasteiger partial charge on any atom is 0.196 e. The third-order valence-corrected chi connectivity index (χ3v) is 2.63. The first-order valence-electron chi connectivity index (χ1n) is 4.66. The Balaban J connectivity index is 2.43. The molecule has 1 aliphatic carbocycles. The fourth-order valence-electron chi connectivity index (χ4n) is 1.96. The summed E-state index contributed by atoms with van der Waals surface area (Å²) in [5, 5.41) is 0. The fraction of sp³-hybridized carbons (Fsp3) is 0. The van der Waals surface area contributed by atoms with Crippen LogP contribution in [0.15, 0.2) is 30.6 Å². The Morgan fingerprint density at radius 1 is 1.06 bits per heavy atom. The summed E-state index contributed by atoms with van der Waals surface area (Å²) < 4.78 is 26.6. The summed E-state index contributed by atoms with van der Waals surface area (Å²) in [6, 6.07) is 3.39. The van der Waals surface area contributed by atoms with E-state index in [0.717, 1.165) is 12.1 Å². The van der Waals surface area contributed by atoms with Gasteiger partial charge in [0.2, 0.25) is 0 Å². The van der Waals surface area contributed by atoms with Gasteiger partial charge in [0, 0.05) is 35.2 Å². The normalized spacial score (nSPS) is 12.5. The highest BCUT2D eigenvalue weighted by Gasteiger charge is 2.30. The number of hydrogen-bond acceptors (Lipinski definition) is 2. The van der Waals surface area contributed by atoms with Crippen LogP contribution in [-0.4, -0.2) is 10.8 Å². The van der Waals surface area contributed by atoms with E-state index < -0.39 is 11.6 Å². The van der Waals surface area contributed by atoms with Crippen LogP contribution in [0.1, 0.15) is 15.9 Å². The van der Waals surface area contributed by atoms with E-state index in [9.17, 15) is 13.6 Å². The van der Waals surface area contributed by atoms with Crippen molar-refractivity contribution in [2.75, 3.05) is 0 Å². The van der Waals surface area contributed by atoms with Crippen LogP contribution < -0.4 is 0 Å². The van der Waals surface area contributed by atoms with Gasteiger partial charge in [0.05, 0.1) is 0 Å². The molecule has 2 aromatic rings. The first-order chi connectivity index (χ1) is 7.68. The highest BCUT2D eigenvalue weighted by atomic mass is 19.1. The lowest BCUT2D eigenvalue weighted by Gasteiger charge is -2.00. The zero-order chi connectivity index (χ0) is 11.3. The number of halogens is 2. The van der Waals surface area contributed by atoms with Crippen molar-refractivity contribution in [2.24, 2.45) is 0 Å². The van der Waals surface area contributed by atoms with Crippen LogP contribution in [0.4, 0.5) is 8.78 Å². The number of carbonyl (C=O) groups is 1. The summed E-state index contributed by atoms with van der Waals surface area (Å²) in [7, 11) is 0. The summed E-state index contributed by atoms with van der Waals surface area (Å²) in [4.78, 5) is 15.6. The van der Waals surface area contributed by atoms with E-state index in [-0.39, 0.29) is 16.9 Å². The number of ketones is 1. The van der Waals surface area contributed by atoms with Crippen molar-refractivity contribution in [3.8, 4) is 11.1 Å². The number of fused-ring (bicyclic) bond motifs is 3. The van der Waals surface area contributed by atoms with Gasteiger partial charge in [-0.1, -0.05) is 0 Å². The Labute approximate surface area is 89.6 Å². The summed E-state index contributed by atoms with van der Waals surface area (Å²) >= 11 is 0. The average Bonchev–Trinajstić information content (AvgIpc) is 2.54. The standard InChI is InChI=1S/C12H5F2NO/c13-6-3-8-11(10(14)4-6)7-1-2-15-5-9(7)12(8)16/h1-5H. The van der Waals surface area contributed by atoms with Crippen molar-refractivity contribution < 1.29 is 13.6 Å². The van der Waals surface area contributed by atoms with Gasteiger partial charge >= 0.3 is 0 Å². The topological polar surface area (TPSA) is 30.0 Å². The molecule has 1 aromatic carbocycles. The number of pyridine rings is 1. The van der Waals surface area contributed by atoms with Crippen molar-refractivity contribution in [1.29, 1.82) is 0 Å². The Hall–Kier alpha value is -2.10. The highest BCUT2D eigenvalue weighted by Crippen LogP contribution is 2.37. The van der Waals surface area contributed by atoms with Crippen LogP contribution in [0.25, 0.3) is 11.1 Å². The molecule has 3 rings (SSSR count). The largest absolute Gasteiger partial charge is 0.289 e. The molecule has 0 radical (unpaired) electrons. The zero-order valence-electron chi connectivity index (χ0n) is 8.00. The fourth-order valence-corrected chi connectivity index (χ4v) is 1.96. The third-order valence-electron chi connectivity index (χ3n) is 2.63. The van der Waals surface area contributed by atoms with Crippen LogP contribution in [-0.2, 0) is 0 Å². The predicted octanol–water partition coefficient (Wildman–Crippen LogP) is 2.57. The van der Waals surface area contributed by atoms with Crippen molar-refractivity contribution in [3.05, 3.63) is 53.4 Å². The van der Waals surface area contributed by atoms with Gasteiger partial charge in [-0.25, -0.2) is 8.78 Å². The molecule has 0 unspecified atom stereocenters. The Morgan fingerprint density at radius 3 is 2.69 bits per heavy atom. The quantitative estimate of drug-likeness (QED) is 0.579. The van der Waals surface area contributed by atoms with Crippen LogP contribution >= 0.6 is 0 Å². The molecule has 0 fully saturated rings. The first-order valence-corrected chi connectivity index (χ1v) is 4.66. The maximum absolute atomic E-state index is 13.6. The van der Waals surface area contributed by atoms with Crippen molar-refractivity contribution in [1.82, 2.24) is 4.98 Å². The summed E-state index contributed by atoms with van der Waals surface area (Å²) in [6.45, 7) is 0. The molecule has 4 heteroatoms. The van der Waals surface area contributed by atoms with Gasteiger partial charge in [-0.3, -0.25) is 9.78 Å². The lowest BCUT2D eigenvalue weighted by atomic mass is 10.1. The van der Waals surface area contributed by atoms with Crippen molar-refractivity contribution >= 4 is 5.78 Å². The van der Waals surface area contributed by atoms with Gasteiger partial charge in [0.15, 0.2) is 5.78 Å². The van der Waals surface area contributed by atoms with E-state index in [1.807, 2.05) is 0 Å². The third kappa shape index (κ3) is 1.04. The minimum atomic E-state index is -0.745. The van der Waals surface area contributed by atoms with Crippen LogP contribution in [0.5, 0.6) is 0 Å². The molecule has 78 valence electrons. The highest BCUT2D eigenvalue weighted by molar-refractivity contribution is 6.21. The van der Waals surface area contributed by atoms with E-state index in [1.165, 1.54) is 12.4 Å². The molecule has 1 aromatic heterocycles. The molecule has 0 aliphatic heterocycles. The molecule has 0 atom stereocenters. The van der Waals surface area contributed by atoms with Crippen molar-refractivity contribution in [3.63, 3.8) is 0 Å². The average molecular weight is 217 g/mol. The second-order valence-electron chi connectivity index (χ2n) is 3.56. The zero-order valence-corrected chi connectivity index (χ0v) is 8.00. The molecular weight excluding hydrogens is 212 g/mol. The molecule has 0 spiro atoms. The minimum absolute atomic E-state index is 0.0699. The molecule has 16 heavy (non-hydrogen) atoms. The van der Waals surface area contributed by atoms with E-state index in [2.05, 4.69) is 4.98 Å². The smallest absolute Gasteiger partial charge is 0.196 e. The summed E-state index contributed by atoms with van der Waals surface area (Å²) in [5.74, 6) is -1.84. The van der Waals surface area contributed by atoms with E-state index in [4.69, 9.17) is 0 Å².